The Bertz CT molecular complexity index is 1820. The van der Waals surface area contributed by atoms with Crippen LogP contribution in [0.25, 0.3) is 32.2 Å². The molecule has 2 aromatic carbocycles. The number of alkyl halides is 2. The van der Waals surface area contributed by atoms with Gasteiger partial charge in [0, 0.05) is 48.3 Å². The molecule has 3 aliphatic heterocycles. The molecule has 45 heavy (non-hydrogen) atoms. The molecule has 0 bridgehead atoms. The van der Waals surface area contributed by atoms with Gasteiger partial charge in [0.1, 0.15) is 23.8 Å². The Morgan fingerprint density at radius 3 is 2.49 bits per heavy atom. The van der Waals surface area contributed by atoms with Crippen LogP contribution in [0, 0.1) is 11.6 Å². The number of nitrogens with zero attached hydrogens (tertiary/aromatic N) is 6. The van der Waals surface area contributed by atoms with Crippen LogP contribution < -0.4 is 15.4 Å². The zero-order valence-electron chi connectivity index (χ0n) is 24.4. The second-order valence-electron chi connectivity index (χ2n) is 11.7. The van der Waals surface area contributed by atoms with E-state index in [0.717, 1.165) is 56.2 Å². The van der Waals surface area contributed by atoms with Crippen molar-refractivity contribution in [3.8, 4) is 17.1 Å². The van der Waals surface area contributed by atoms with Gasteiger partial charge in [-0.25, -0.2) is 22.5 Å². The van der Waals surface area contributed by atoms with E-state index in [1.54, 1.807) is 4.90 Å². The first-order valence-corrected chi connectivity index (χ1v) is 15.7. The normalized spacial score (nSPS) is 18.3. The minimum atomic E-state index is -3.09. The molecule has 0 radical (unpaired) electrons. The van der Waals surface area contributed by atoms with Gasteiger partial charge in [-0.2, -0.15) is 9.97 Å². The fourth-order valence-electron chi connectivity index (χ4n) is 7.08. The van der Waals surface area contributed by atoms with Gasteiger partial charge in [0.2, 0.25) is 5.91 Å². The molecule has 14 heteroatoms. The van der Waals surface area contributed by atoms with Crippen molar-refractivity contribution in [3.63, 3.8) is 0 Å². The number of piperazine rings is 1. The van der Waals surface area contributed by atoms with Crippen LogP contribution >= 0.6 is 11.3 Å². The standard InChI is InChI=1S/C31H31F4N7O2S/c1-2-21(43)40-11-13-41(14-12-40)28-19-15-18(27(34)35)22(17-5-6-20(32)26-25(17)37-29(36)45-26)23(33)24(19)38-30(39-28)44-16-31-7-3-9-42(31)10-4-8-31/h2,5-6,15,27H,1,3-4,7-14,16H2,(H2,36,37). The lowest BCUT2D eigenvalue weighted by molar-refractivity contribution is -0.126. The summed E-state index contributed by atoms with van der Waals surface area (Å²) < 4.78 is 67.1. The molecule has 0 unspecified atom stereocenters. The van der Waals surface area contributed by atoms with E-state index in [-0.39, 0.29) is 55.1 Å². The van der Waals surface area contributed by atoms with E-state index in [9.17, 15) is 18.0 Å². The highest BCUT2D eigenvalue weighted by atomic mass is 32.1. The van der Waals surface area contributed by atoms with Crippen molar-refractivity contribution < 1.29 is 27.1 Å². The van der Waals surface area contributed by atoms with Crippen LogP contribution in [0.5, 0.6) is 6.01 Å². The van der Waals surface area contributed by atoms with Gasteiger partial charge in [-0.1, -0.05) is 17.9 Å². The Labute approximate surface area is 260 Å². The van der Waals surface area contributed by atoms with Crippen LogP contribution in [-0.4, -0.2) is 82.1 Å². The summed E-state index contributed by atoms with van der Waals surface area (Å²) in [4.78, 5) is 31.3. The number of fused-ring (bicyclic) bond motifs is 3. The molecule has 4 aromatic rings. The molecule has 2 N–H and O–H groups in total. The van der Waals surface area contributed by atoms with Crippen molar-refractivity contribution in [2.24, 2.45) is 0 Å². The van der Waals surface area contributed by atoms with Crippen molar-refractivity contribution in [2.75, 3.05) is 56.5 Å². The van der Waals surface area contributed by atoms with Gasteiger partial charge in [0.15, 0.2) is 10.9 Å². The van der Waals surface area contributed by atoms with Crippen LogP contribution in [0.15, 0.2) is 30.9 Å². The zero-order valence-corrected chi connectivity index (χ0v) is 25.2. The van der Waals surface area contributed by atoms with Gasteiger partial charge in [0.05, 0.1) is 15.8 Å². The largest absolute Gasteiger partial charge is 0.461 e. The number of amides is 1. The van der Waals surface area contributed by atoms with Crippen molar-refractivity contribution in [2.45, 2.75) is 37.6 Å². The Balaban J connectivity index is 1.38. The van der Waals surface area contributed by atoms with Crippen LogP contribution in [0.4, 0.5) is 28.5 Å². The SMILES string of the molecule is C=CC(=O)N1CCN(c2nc(OCC34CCCN3CCC4)nc3c(F)c(-c4ccc(F)c5sc(N)nc45)c(C(F)F)cc23)CC1. The van der Waals surface area contributed by atoms with E-state index in [0.29, 0.717) is 32.8 Å². The van der Waals surface area contributed by atoms with E-state index < -0.39 is 29.2 Å². The van der Waals surface area contributed by atoms with Gasteiger partial charge in [-0.15, -0.1) is 0 Å². The van der Waals surface area contributed by atoms with Crippen LogP contribution in [0.2, 0.25) is 0 Å². The molecule has 236 valence electrons. The van der Waals surface area contributed by atoms with Crippen molar-refractivity contribution in [3.05, 3.63) is 48.1 Å². The number of nitrogens with two attached hydrogens (primary N) is 1. The summed E-state index contributed by atoms with van der Waals surface area (Å²) in [6.07, 6.45) is 2.21. The third-order valence-corrected chi connectivity index (χ3v) is 10.2. The molecule has 1 amide bonds. The monoisotopic (exact) mass is 641 g/mol. The molecule has 5 heterocycles. The number of benzene rings is 2. The Morgan fingerprint density at radius 2 is 1.80 bits per heavy atom. The first kappa shape index (κ1) is 29.7. The summed E-state index contributed by atoms with van der Waals surface area (Å²) >= 11 is 0.856. The predicted octanol–water partition coefficient (Wildman–Crippen LogP) is 5.55. The minimum absolute atomic E-state index is 0.00642. The van der Waals surface area contributed by atoms with Crippen molar-refractivity contribution in [1.82, 2.24) is 24.8 Å². The smallest absolute Gasteiger partial charge is 0.319 e. The third kappa shape index (κ3) is 5.03. The fraction of sp³-hybridized carbons (Fsp3) is 0.419. The Kier molecular flexibility index (Phi) is 7.51. The number of hydrogen-bond acceptors (Lipinski definition) is 9. The average molecular weight is 642 g/mol. The van der Waals surface area contributed by atoms with Crippen molar-refractivity contribution >= 4 is 49.3 Å². The molecule has 9 nitrogen and oxygen atoms in total. The summed E-state index contributed by atoms with van der Waals surface area (Å²) in [5.41, 5.74) is 4.44. The average Bonchev–Trinajstić information content (AvgIpc) is 3.74. The number of carbonyl (C=O) groups is 1. The summed E-state index contributed by atoms with van der Waals surface area (Å²) in [5, 5.41) is 0.109. The number of rotatable bonds is 7. The number of nitrogen functional groups attached to an aromatic ring is 1. The highest BCUT2D eigenvalue weighted by Gasteiger charge is 2.45. The highest BCUT2D eigenvalue weighted by Crippen LogP contribution is 2.44. The second kappa shape index (κ2) is 11.4. The molecular formula is C31H31F4N7O2S. The zero-order chi connectivity index (χ0) is 31.5. The quantitative estimate of drug-likeness (QED) is 0.207. The minimum Gasteiger partial charge on any atom is -0.461 e. The maximum absolute atomic E-state index is 16.8. The molecule has 3 fully saturated rings. The van der Waals surface area contributed by atoms with E-state index in [1.807, 2.05) is 4.90 Å². The summed E-state index contributed by atoms with van der Waals surface area (Å²) in [7, 11) is 0. The van der Waals surface area contributed by atoms with Gasteiger partial charge in [-0.3, -0.25) is 9.69 Å². The molecule has 0 saturated carbocycles. The van der Waals surface area contributed by atoms with E-state index in [4.69, 9.17) is 10.5 Å². The number of thiazole rings is 1. The summed E-state index contributed by atoms with van der Waals surface area (Å²) in [5.74, 6) is -1.63. The maximum atomic E-state index is 16.8. The molecule has 0 spiro atoms. The molecule has 0 aliphatic carbocycles. The van der Waals surface area contributed by atoms with Gasteiger partial charge >= 0.3 is 6.01 Å². The molecule has 0 atom stereocenters. The predicted molar refractivity (Wildman–Crippen MR) is 165 cm³/mol. The number of hydrogen-bond donors (Lipinski definition) is 1. The summed E-state index contributed by atoms with van der Waals surface area (Å²) in [6.45, 7) is 7.17. The lowest BCUT2D eigenvalue weighted by atomic mass is 9.95. The van der Waals surface area contributed by atoms with Crippen molar-refractivity contribution in [1.29, 1.82) is 0 Å². The number of aromatic nitrogens is 3. The number of ether oxygens (including phenoxy) is 1. The first-order chi connectivity index (χ1) is 21.7. The lowest BCUT2D eigenvalue weighted by Crippen LogP contribution is -2.48. The second-order valence-corrected chi connectivity index (χ2v) is 12.8. The van der Waals surface area contributed by atoms with E-state index >= 15 is 4.39 Å². The van der Waals surface area contributed by atoms with Crippen LogP contribution in [0.1, 0.15) is 37.7 Å². The highest BCUT2D eigenvalue weighted by molar-refractivity contribution is 7.22. The first-order valence-electron chi connectivity index (χ1n) is 14.9. The number of carbonyl (C=O) groups excluding carboxylic acids is 1. The Hall–Kier alpha value is -4.04. The molecular weight excluding hydrogens is 610 g/mol. The topological polar surface area (TPSA) is 101 Å². The number of halogens is 4. The van der Waals surface area contributed by atoms with Crippen LogP contribution in [-0.2, 0) is 4.79 Å². The van der Waals surface area contributed by atoms with Gasteiger partial charge < -0.3 is 20.3 Å². The van der Waals surface area contributed by atoms with Crippen LogP contribution in [0.3, 0.4) is 0 Å². The Morgan fingerprint density at radius 1 is 1.07 bits per heavy atom. The molecule has 2 aromatic heterocycles. The summed E-state index contributed by atoms with van der Waals surface area (Å²) in [6, 6.07) is 3.45. The number of anilines is 2. The molecule has 3 aliphatic rings. The third-order valence-electron chi connectivity index (χ3n) is 9.28. The van der Waals surface area contributed by atoms with E-state index in [1.165, 1.54) is 18.2 Å². The maximum Gasteiger partial charge on any atom is 0.319 e. The molecule has 7 rings (SSSR count). The van der Waals surface area contributed by atoms with E-state index in [2.05, 4.69) is 26.4 Å². The van der Waals surface area contributed by atoms with Gasteiger partial charge in [0.25, 0.3) is 6.43 Å². The lowest BCUT2D eigenvalue weighted by Gasteiger charge is -2.35. The van der Waals surface area contributed by atoms with Gasteiger partial charge in [-0.05, 0) is 63.0 Å². The molecule has 3 saturated heterocycles. The fourth-order valence-corrected chi connectivity index (χ4v) is 7.85.